The van der Waals surface area contributed by atoms with E-state index in [2.05, 4.69) is 114 Å². The number of nitrogens with two attached hydrogens (primary N) is 2. The largest absolute Gasteiger partial charge is 0.810 e. The second-order valence-corrected chi connectivity index (χ2v) is 12.3. The normalized spacial score (nSPS) is 12.4. The SMILES string of the molecule is CC1(C)c2ccccc2-c2cc3c4ccccc4n(-c4ccccc4C=[N-])c3cc21.CN.C[N-]/N=C(/N)c1ccc(-c2ccccc2)cc1.[Y]. The van der Waals surface area contributed by atoms with Crippen molar-refractivity contribution >= 4 is 33.9 Å². The number of aromatic nitrogens is 1. The van der Waals surface area contributed by atoms with Crippen LogP contribution in [0.15, 0.2) is 145 Å². The average molecular weight is 730 g/mol. The minimum Gasteiger partial charge on any atom is -0.810 e. The van der Waals surface area contributed by atoms with Crippen molar-refractivity contribution in [2.45, 2.75) is 19.3 Å². The van der Waals surface area contributed by atoms with Crippen molar-refractivity contribution in [3.8, 4) is 27.9 Å². The molecule has 0 aliphatic heterocycles. The molecule has 1 aromatic heterocycles. The molecule has 1 aliphatic rings. The molecule has 6 nitrogen and oxygen atoms in total. The first kappa shape index (κ1) is 36.4. The standard InChI is InChI=1S/C28H21N2.C14H14N3.CH5N.Y/c1-28(2)23-12-6-4-10-19(23)21-15-22-20-11-5-8-14-26(20)30(27(22)16-24(21)28)25-13-7-3-9-18(25)17-29;1-16-17-14(15)13-9-7-12(8-10-13)11-5-3-2-4-6-11;1-2;/h3-17H,1-2H3;2-10H,1H3,(H2,15,17);2H2,1H3;/q2*-1;;. The van der Waals surface area contributed by atoms with Crippen LogP contribution in [0.2, 0.25) is 0 Å². The molecule has 0 spiro atoms. The number of hydrogen-bond acceptors (Lipinski definition) is 2. The van der Waals surface area contributed by atoms with E-state index in [1.54, 1.807) is 7.05 Å². The van der Waals surface area contributed by atoms with E-state index >= 15 is 0 Å². The first-order valence-corrected chi connectivity index (χ1v) is 16.3. The van der Waals surface area contributed by atoms with Crippen molar-refractivity contribution < 1.29 is 32.7 Å². The molecule has 0 bridgehead atoms. The Bertz CT molecular complexity index is 2290. The van der Waals surface area contributed by atoms with Gasteiger partial charge in [0, 0.05) is 54.5 Å². The summed E-state index contributed by atoms with van der Waals surface area (Å²) in [4.78, 5) is 0. The van der Waals surface area contributed by atoms with Crippen molar-refractivity contribution in [1.82, 2.24) is 4.57 Å². The Morgan fingerprint density at radius 2 is 1.30 bits per heavy atom. The fraction of sp³-hybridized carbons (Fsp3) is 0.116. The molecule has 7 aromatic rings. The molecule has 0 atom stereocenters. The molecule has 50 heavy (non-hydrogen) atoms. The van der Waals surface area contributed by atoms with Crippen LogP contribution in [-0.2, 0) is 38.1 Å². The minimum absolute atomic E-state index is 0. The van der Waals surface area contributed by atoms with Gasteiger partial charge < -0.3 is 32.0 Å². The predicted octanol–water partition coefficient (Wildman–Crippen LogP) is 9.63. The van der Waals surface area contributed by atoms with Gasteiger partial charge in [-0.1, -0.05) is 129 Å². The van der Waals surface area contributed by atoms with E-state index in [0.29, 0.717) is 5.84 Å². The first-order valence-electron chi connectivity index (χ1n) is 16.3. The summed E-state index contributed by atoms with van der Waals surface area (Å²) < 4.78 is 2.28. The summed E-state index contributed by atoms with van der Waals surface area (Å²) in [5.41, 5.74) is 26.6. The van der Waals surface area contributed by atoms with Gasteiger partial charge in [0.15, 0.2) is 0 Å². The predicted molar refractivity (Wildman–Crippen MR) is 209 cm³/mol. The molecule has 7 heteroatoms. The van der Waals surface area contributed by atoms with Crippen LogP contribution < -0.4 is 11.5 Å². The zero-order chi connectivity index (χ0) is 34.5. The summed E-state index contributed by atoms with van der Waals surface area (Å²) in [6, 6.07) is 48.2. The van der Waals surface area contributed by atoms with Crippen LogP contribution in [0.3, 0.4) is 0 Å². The van der Waals surface area contributed by atoms with Crippen molar-refractivity contribution in [2.24, 2.45) is 16.6 Å². The van der Waals surface area contributed by atoms with Gasteiger partial charge in [-0.05, 0) is 70.3 Å². The number of hydrogen-bond donors (Lipinski definition) is 2. The molecule has 0 saturated heterocycles. The Balaban J connectivity index is 0.000000208. The van der Waals surface area contributed by atoms with Gasteiger partial charge in [-0.25, -0.2) is 0 Å². The molecule has 1 heterocycles. The fourth-order valence-electron chi connectivity index (χ4n) is 6.85. The molecule has 0 fully saturated rings. The third-order valence-corrected chi connectivity index (χ3v) is 9.19. The van der Waals surface area contributed by atoms with Crippen LogP contribution in [0.5, 0.6) is 0 Å². The van der Waals surface area contributed by atoms with Crippen LogP contribution >= 0.6 is 0 Å². The second-order valence-electron chi connectivity index (χ2n) is 12.3. The van der Waals surface area contributed by atoms with Gasteiger partial charge in [0.05, 0.1) is 16.7 Å². The van der Waals surface area contributed by atoms with Gasteiger partial charge in [0.25, 0.3) is 0 Å². The van der Waals surface area contributed by atoms with Crippen LogP contribution in [-0.4, -0.2) is 30.7 Å². The zero-order valence-corrected chi connectivity index (χ0v) is 31.7. The van der Waals surface area contributed by atoms with Gasteiger partial charge in [0.2, 0.25) is 0 Å². The summed E-state index contributed by atoms with van der Waals surface area (Å²) in [5, 5.41) is 16.2. The van der Waals surface area contributed by atoms with Crippen molar-refractivity contribution in [3.05, 3.63) is 173 Å². The fourth-order valence-corrected chi connectivity index (χ4v) is 6.85. The van der Waals surface area contributed by atoms with E-state index in [4.69, 9.17) is 5.73 Å². The maximum Gasteiger partial charge on any atom is 0.110 e. The van der Waals surface area contributed by atoms with Gasteiger partial charge in [0.1, 0.15) is 5.84 Å². The smallest absolute Gasteiger partial charge is 0.110 e. The molecular weight excluding hydrogens is 689 g/mol. The number of benzene rings is 6. The quantitative estimate of drug-likeness (QED) is 0.105. The maximum atomic E-state index is 9.88. The van der Waals surface area contributed by atoms with Gasteiger partial charge in [-0.3, -0.25) is 0 Å². The van der Waals surface area contributed by atoms with Crippen molar-refractivity contribution in [3.63, 3.8) is 0 Å². The van der Waals surface area contributed by atoms with Crippen LogP contribution in [0.1, 0.15) is 36.1 Å². The van der Waals surface area contributed by atoms with Gasteiger partial charge in [-0.15, -0.1) is 7.05 Å². The van der Waals surface area contributed by atoms with E-state index in [0.717, 1.165) is 27.9 Å². The van der Waals surface area contributed by atoms with E-state index in [1.807, 2.05) is 60.7 Å². The topological polar surface area (TPSA) is 106 Å². The van der Waals surface area contributed by atoms with Gasteiger partial charge in [-0.2, -0.15) is 6.21 Å². The molecular formula is C43H40N6Y-2. The number of fused-ring (bicyclic) bond motifs is 6. The summed E-state index contributed by atoms with van der Waals surface area (Å²) in [5.74, 6) is 0.437. The Morgan fingerprint density at radius 3 is 2.02 bits per heavy atom. The Hall–Kier alpha value is -4.88. The molecule has 0 amide bonds. The number of nitrogens with zero attached hydrogens (tertiary/aromatic N) is 4. The van der Waals surface area contributed by atoms with Crippen LogP contribution in [0.25, 0.3) is 60.6 Å². The van der Waals surface area contributed by atoms with Crippen molar-refractivity contribution in [2.75, 3.05) is 14.1 Å². The van der Waals surface area contributed by atoms with E-state index < -0.39 is 0 Å². The van der Waals surface area contributed by atoms with E-state index in [-0.39, 0.29) is 38.1 Å². The molecule has 4 N–H and O–H groups in total. The van der Waals surface area contributed by atoms with E-state index in [1.165, 1.54) is 57.4 Å². The monoisotopic (exact) mass is 729 g/mol. The van der Waals surface area contributed by atoms with E-state index in [9.17, 15) is 5.41 Å². The zero-order valence-electron chi connectivity index (χ0n) is 28.9. The summed E-state index contributed by atoms with van der Waals surface area (Å²) in [6.45, 7) is 4.62. The number of para-hydroxylation sites is 2. The summed E-state index contributed by atoms with van der Waals surface area (Å²) >= 11 is 0. The number of rotatable bonds is 5. The summed E-state index contributed by atoms with van der Waals surface area (Å²) in [7, 11) is 3.10. The van der Waals surface area contributed by atoms with Crippen LogP contribution in [0, 0.1) is 0 Å². The number of amidine groups is 1. The molecule has 8 rings (SSSR count). The molecule has 1 aliphatic carbocycles. The van der Waals surface area contributed by atoms with Crippen LogP contribution in [0.4, 0.5) is 0 Å². The minimum atomic E-state index is -0.0516. The summed E-state index contributed by atoms with van der Waals surface area (Å²) in [6.07, 6.45) is 1.20. The van der Waals surface area contributed by atoms with Gasteiger partial charge >= 0.3 is 0 Å². The Morgan fingerprint density at radius 1 is 0.680 bits per heavy atom. The first-order chi connectivity index (χ1) is 23.9. The molecule has 6 aromatic carbocycles. The van der Waals surface area contributed by atoms with Crippen molar-refractivity contribution in [1.29, 1.82) is 0 Å². The maximum absolute atomic E-state index is 9.88. The molecule has 0 unspecified atom stereocenters. The molecule has 1 radical (unpaired) electrons. The Kier molecular flexibility index (Phi) is 11.5. The molecule has 0 saturated carbocycles. The Labute approximate surface area is 319 Å². The second kappa shape index (κ2) is 15.8. The third-order valence-electron chi connectivity index (χ3n) is 9.19. The molecule has 247 valence electrons. The third kappa shape index (κ3) is 6.67. The average Bonchev–Trinajstić information content (AvgIpc) is 3.60.